The van der Waals surface area contributed by atoms with Gasteiger partial charge in [0.25, 0.3) is 0 Å². The average molecular weight is 342 g/mol. The van der Waals surface area contributed by atoms with Gasteiger partial charge in [-0.2, -0.15) is 0 Å². The van der Waals surface area contributed by atoms with E-state index < -0.39 is 5.60 Å². The smallest absolute Gasteiger partial charge is 0.410 e. The summed E-state index contributed by atoms with van der Waals surface area (Å²) in [6.07, 6.45) is 2.94. The molecule has 2 saturated heterocycles. The van der Waals surface area contributed by atoms with Gasteiger partial charge in [-0.1, -0.05) is 6.92 Å². The predicted octanol–water partition coefficient (Wildman–Crippen LogP) is 2.15. The van der Waals surface area contributed by atoms with Crippen molar-refractivity contribution in [2.45, 2.75) is 71.1 Å². The van der Waals surface area contributed by atoms with Crippen molar-refractivity contribution in [2.75, 3.05) is 32.8 Å². The van der Waals surface area contributed by atoms with Crippen LogP contribution in [0.15, 0.2) is 0 Å². The normalized spacial score (nSPS) is 25.0. The molecule has 2 rings (SSSR count). The third-order valence-corrected chi connectivity index (χ3v) is 5.13. The summed E-state index contributed by atoms with van der Waals surface area (Å²) in [4.78, 5) is 14.3. The van der Waals surface area contributed by atoms with E-state index >= 15 is 0 Å². The van der Waals surface area contributed by atoms with Gasteiger partial charge in [0, 0.05) is 37.8 Å². The molecule has 2 N–H and O–H groups in total. The molecule has 1 spiro atoms. The predicted molar refractivity (Wildman–Crippen MR) is 93.0 cm³/mol. The van der Waals surface area contributed by atoms with Gasteiger partial charge in [-0.15, -0.1) is 0 Å². The van der Waals surface area contributed by atoms with Crippen LogP contribution in [0, 0.1) is 5.41 Å². The number of aliphatic hydroxyl groups excluding tert-OH is 1. The Bertz CT molecular complexity index is 416. The summed E-state index contributed by atoms with van der Waals surface area (Å²) in [6, 6.07) is 0.234. The summed E-state index contributed by atoms with van der Waals surface area (Å²) in [5, 5.41) is 13.3. The van der Waals surface area contributed by atoms with Crippen LogP contribution in [-0.2, 0) is 9.47 Å². The highest BCUT2D eigenvalue weighted by Gasteiger charge is 2.49. The molecule has 6 heteroatoms. The monoisotopic (exact) mass is 342 g/mol. The molecule has 6 nitrogen and oxygen atoms in total. The Morgan fingerprint density at radius 3 is 2.67 bits per heavy atom. The van der Waals surface area contributed by atoms with Crippen LogP contribution in [0.4, 0.5) is 4.79 Å². The molecule has 2 unspecified atom stereocenters. The lowest BCUT2D eigenvalue weighted by atomic mass is 9.76. The molecule has 24 heavy (non-hydrogen) atoms. The van der Waals surface area contributed by atoms with Crippen LogP contribution in [0.5, 0.6) is 0 Å². The number of carbonyl (C=O) groups is 1. The highest BCUT2D eigenvalue weighted by molar-refractivity contribution is 5.68. The molecule has 2 heterocycles. The molecule has 0 aliphatic carbocycles. The Hall–Kier alpha value is -0.850. The van der Waals surface area contributed by atoms with Crippen LogP contribution in [-0.4, -0.2) is 66.7 Å². The maximum Gasteiger partial charge on any atom is 0.410 e. The number of carbonyl (C=O) groups excluding carboxylic acids is 1. The number of nitrogens with one attached hydrogen (secondary N) is 1. The van der Waals surface area contributed by atoms with E-state index in [1.165, 1.54) is 0 Å². The number of amides is 1. The van der Waals surface area contributed by atoms with Crippen molar-refractivity contribution in [1.82, 2.24) is 10.2 Å². The Morgan fingerprint density at radius 1 is 1.42 bits per heavy atom. The summed E-state index contributed by atoms with van der Waals surface area (Å²) in [6.45, 7) is 11.3. The fourth-order valence-corrected chi connectivity index (χ4v) is 3.63. The second kappa shape index (κ2) is 8.02. The van der Waals surface area contributed by atoms with Crippen LogP contribution in [0.3, 0.4) is 0 Å². The first-order chi connectivity index (χ1) is 11.3. The van der Waals surface area contributed by atoms with Crippen molar-refractivity contribution in [3.8, 4) is 0 Å². The van der Waals surface area contributed by atoms with Gasteiger partial charge >= 0.3 is 6.09 Å². The maximum atomic E-state index is 12.5. The first-order valence-electron chi connectivity index (χ1n) is 9.23. The van der Waals surface area contributed by atoms with Crippen LogP contribution in [0.25, 0.3) is 0 Å². The van der Waals surface area contributed by atoms with E-state index in [9.17, 15) is 9.90 Å². The second-order valence-corrected chi connectivity index (χ2v) is 8.19. The zero-order valence-corrected chi connectivity index (χ0v) is 15.6. The summed E-state index contributed by atoms with van der Waals surface area (Å²) in [5.74, 6) is 0. The molecule has 2 fully saturated rings. The van der Waals surface area contributed by atoms with Crippen molar-refractivity contribution in [1.29, 1.82) is 0 Å². The van der Waals surface area contributed by atoms with E-state index in [-0.39, 0.29) is 23.7 Å². The maximum absolute atomic E-state index is 12.5. The van der Waals surface area contributed by atoms with Gasteiger partial charge in [-0.05, 0) is 53.0 Å². The topological polar surface area (TPSA) is 71.0 Å². The lowest BCUT2D eigenvalue weighted by molar-refractivity contribution is 0.00178. The number of ether oxygens (including phenoxy) is 2. The Morgan fingerprint density at radius 2 is 2.08 bits per heavy atom. The Kier molecular flexibility index (Phi) is 6.51. The van der Waals surface area contributed by atoms with Gasteiger partial charge in [-0.3, -0.25) is 0 Å². The van der Waals surface area contributed by atoms with Crippen molar-refractivity contribution < 1.29 is 19.4 Å². The first kappa shape index (κ1) is 19.5. The molecule has 0 aromatic rings. The van der Waals surface area contributed by atoms with Gasteiger partial charge < -0.3 is 24.8 Å². The molecule has 0 saturated carbocycles. The fraction of sp³-hybridized carbons (Fsp3) is 0.944. The molecule has 0 bridgehead atoms. The van der Waals surface area contributed by atoms with Crippen LogP contribution >= 0.6 is 0 Å². The quantitative estimate of drug-likeness (QED) is 0.801. The van der Waals surface area contributed by atoms with E-state index in [4.69, 9.17) is 9.47 Å². The van der Waals surface area contributed by atoms with Crippen molar-refractivity contribution in [3.63, 3.8) is 0 Å². The number of rotatable bonds is 5. The molecular formula is C18H34N2O4. The number of hydrogen-bond acceptors (Lipinski definition) is 5. The van der Waals surface area contributed by atoms with Crippen molar-refractivity contribution in [2.24, 2.45) is 5.41 Å². The van der Waals surface area contributed by atoms with Gasteiger partial charge in [0.1, 0.15) is 5.60 Å². The number of nitrogens with zero attached hydrogens (tertiary/aromatic N) is 1. The second-order valence-electron chi connectivity index (χ2n) is 8.19. The van der Waals surface area contributed by atoms with Crippen LogP contribution < -0.4 is 5.32 Å². The molecule has 0 aromatic heterocycles. The third-order valence-electron chi connectivity index (χ3n) is 5.13. The number of aliphatic hydroxyl groups is 1. The van der Waals surface area contributed by atoms with E-state index in [2.05, 4.69) is 5.32 Å². The van der Waals surface area contributed by atoms with Crippen LogP contribution in [0.1, 0.15) is 53.4 Å². The molecule has 140 valence electrons. The van der Waals surface area contributed by atoms with Gasteiger partial charge in [0.05, 0.1) is 6.10 Å². The lowest BCUT2D eigenvalue weighted by Crippen LogP contribution is -2.48. The molecular weight excluding hydrogens is 308 g/mol. The molecule has 2 aliphatic rings. The highest BCUT2D eigenvalue weighted by atomic mass is 16.6. The molecule has 0 aromatic carbocycles. The van der Waals surface area contributed by atoms with E-state index in [1.807, 2.05) is 32.6 Å². The number of hydrogen-bond donors (Lipinski definition) is 2. The molecule has 2 atom stereocenters. The first-order valence-corrected chi connectivity index (χ1v) is 9.23. The largest absolute Gasteiger partial charge is 0.444 e. The third kappa shape index (κ3) is 5.07. The number of likely N-dealkylation sites (tertiary alicyclic amines) is 1. The SMILES string of the molecule is CCC(O)CCNC1CN(C(=O)OC(C)(C)C)CC12CCOCC2. The lowest BCUT2D eigenvalue weighted by Gasteiger charge is -2.38. The van der Waals surface area contributed by atoms with E-state index in [0.29, 0.717) is 6.54 Å². The van der Waals surface area contributed by atoms with E-state index in [1.54, 1.807) is 0 Å². The van der Waals surface area contributed by atoms with Gasteiger partial charge in [-0.25, -0.2) is 4.79 Å². The minimum Gasteiger partial charge on any atom is -0.444 e. The van der Waals surface area contributed by atoms with Gasteiger partial charge in [0.15, 0.2) is 0 Å². The van der Waals surface area contributed by atoms with Gasteiger partial charge in [0.2, 0.25) is 0 Å². The van der Waals surface area contributed by atoms with E-state index in [0.717, 1.165) is 52.0 Å². The highest BCUT2D eigenvalue weighted by Crippen LogP contribution is 2.40. The summed E-state index contributed by atoms with van der Waals surface area (Å²) < 4.78 is 11.1. The molecule has 1 amide bonds. The fourth-order valence-electron chi connectivity index (χ4n) is 3.63. The van der Waals surface area contributed by atoms with Crippen molar-refractivity contribution >= 4 is 6.09 Å². The molecule has 2 aliphatic heterocycles. The Labute approximate surface area is 145 Å². The Balaban J connectivity index is 1.99. The zero-order chi connectivity index (χ0) is 17.8. The summed E-state index contributed by atoms with van der Waals surface area (Å²) in [5.41, 5.74) is -0.414. The molecule has 0 radical (unpaired) electrons. The summed E-state index contributed by atoms with van der Waals surface area (Å²) in [7, 11) is 0. The zero-order valence-electron chi connectivity index (χ0n) is 15.6. The minimum absolute atomic E-state index is 0.0618. The average Bonchev–Trinajstić information content (AvgIpc) is 2.85. The van der Waals surface area contributed by atoms with Crippen molar-refractivity contribution in [3.05, 3.63) is 0 Å². The van der Waals surface area contributed by atoms with Crippen LogP contribution in [0.2, 0.25) is 0 Å². The summed E-state index contributed by atoms with van der Waals surface area (Å²) >= 11 is 0. The standard InChI is InChI=1S/C18H34N2O4/c1-5-14(21)6-9-19-15-12-20(16(22)24-17(2,3)4)13-18(15)7-10-23-11-8-18/h14-15,19,21H,5-13H2,1-4H3. The minimum atomic E-state index is -0.476.